The van der Waals surface area contributed by atoms with Gasteiger partial charge in [0.15, 0.2) is 0 Å². The third-order valence-corrected chi connectivity index (χ3v) is 4.74. The molecule has 1 saturated heterocycles. The minimum absolute atomic E-state index is 0.0342. The smallest absolute Gasteiger partial charge is 0.229 e. The molecule has 5 N–H and O–H groups in total. The quantitative estimate of drug-likeness (QED) is 0.482. The fourth-order valence-corrected chi connectivity index (χ4v) is 3.22. The molecule has 7 nitrogen and oxygen atoms in total. The Morgan fingerprint density at radius 3 is 2.58 bits per heavy atom. The van der Waals surface area contributed by atoms with Crippen molar-refractivity contribution < 1.29 is 35.0 Å². The van der Waals surface area contributed by atoms with E-state index < -0.39 is 37.3 Å². The predicted octanol–water partition coefficient (Wildman–Crippen LogP) is -0.213. The van der Waals surface area contributed by atoms with Gasteiger partial charge < -0.3 is 35.0 Å². The molecule has 0 radical (unpaired) electrons. The molecule has 3 rings (SSSR count). The van der Waals surface area contributed by atoms with Crippen molar-refractivity contribution in [3.05, 3.63) is 35.4 Å². The Labute approximate surface area is 139 Å². The highest BCUT2D eigenvalue weighted by Crippen LogP contribution is 2.49. The fourth-order valence-electron chi connectivity index (χ4n) is 3.22. The number of phenolic OH excluding ortho intramolecular Hbond substituents is 1. The number of rotatable bonds is 4. The minimum Gasteiger partial charge on any atom is -0.508 e. The number of benzene rings is 1. The molecule has 1 unspecified atom stereocenters. The van der Waals surface area contributed by atoms with Crippen molar-refractivity contribution >= 4 is 0 Å². The summed E-state index contributed by atoms with van der Waals surface area (Å²) in [7, 11) is 0. The van der Waals surface area contributed by atoms with Gasteiger partial charge in [-0.05, 0) is 25.5 Å². The van der Waals surface area contributed by atoms with Crippen LogP contribution >= 0.6 is 0 Å². The summed E-state index contributed by atoms with van der Waals surface area (Å²) in [6.07, 6.45) is -6.04. The van der Waals surface area contributed by atoms with E-state index in [0.29, 0.717) is 12.2 Å². The van der Waals surface area contributed by atoms with Crippen LogP contribution < -0.4 is 4.74 Å². The van der Waals surface area contributed by atoms with Crippen LogP contribution in [0.3, 0.4) is 0 Å². The van der Waals surface area contributed by atoms with Crippen molar-refractivity contribution in [1.29, 1.82) is 0 Å². The monoisotopic (exact) mass is 338 g/mol. The lowest BCUT2D eigenvalue weighted by atomic mass is 9.73. The summed E-state index contributed by atoms with van der Waals surface area (Å²) in [5, 5.41) is 48.9. The summed E-state index contributed by atoms with van der Waals surface area (Å²) in [5.41, 5.74) is 2.45. The van der Waals surface area contributed by atoms with E-state index in [9.17, 15) is 25.5 Å². The number of allylic oxidation sites excluding steroid dienone is 1. The third-order valence-electron chi connectivity index (χ3n) is 4.74. The number of aromatic hydroxyl groups is 1. The van der Waals surface area contributed by atoms with Crippen molar-refractivity contribution in [3.8, 4) is 11.5 Å². The largest absolute Gasteiger partial charge is 0.508 e. The number of fused-ring (bicyclic) bond motifs is 1. The molecule has 1 heterocycles. The second kappa shape index (κ2) is 6.34. The van der Waals surface area contributed by atoms with Crippen molar-refractivity contribution in [3.63, 3.8) is 0 Å². The molecule has 0 aromatic heterocycles. The maximum absolute atomic E-state index is 10.1. The van der Waals surface area contributed by atoms with Crippen molar-refractivity contribution in [1.82, 2.24) is 0 Å². The van der Waals surface area contributed by atoms with E-state index in [4.69, 9.17) is 9.47 Å². The first-order chi connectivity index (χ1) is 11.3. The van der Waals surface area contributed by atoms with Crippen LogP contribution in [0.2, 0.25) is 0 Å². The van der Waals surface area contributed by atoms with Crippen molar-refractivity contribution in [2.75, 3.05) is 6.61 Å². The van der Waals surface area contributed by atoms with Crippen LogP contribution in [0.4, 0.5) is 0 Å². The standard InChI is InChI=1S/C17H22O7/c1-7(2)8-5-9-10(19)3-4-11(13(8)9)23-17-16(22)15(21)14(20)12(6-18)24-17/h3-4,8,12,14-22H,1,5-6H2,2H3/t8?,12-,14-,15+,16-,17-/m1/s1. The molecule has 1 aliphatic carbocycles. The third kappa shape index (κ3) is 2.68. The molecule has 2 aliphatic rings. The second-order valence-corrected chi connectivity index (χ2v) is 6.39. The fraction of sp³-hybridized carbons (Fsp3) is 0.529. The molecule has 7 heteroatoms. The molecule has 1 aliphatic heterocycles. The van der Waals surface area contributed by atoms with Gasteiger partial charge in [0.05, 0.1) is 6.61 Å². The molecule has 1 fully saturated rings. The van der Waals surface area contributed by atoms with E-state index in [1.54, 1.807) is 6.07 Å². The zero-order chi connectivity index (χ0) is 17.6. The molecular weight excluding hydrogens is 316 g/mol. The molecular formula is C17H22O7. The number of hydrogen-bond acceptors (Lipinski definition) is 7. The Kier molecular flexibility index (Phi) is 4.54. The summed E-state index contributed by atoms with van der Waals surface area (Å²) in [5.74, 6) is 0.613. The van der Waals surface area contributed by atoms with Crippen LogP contribution in [-0.2, 0) is 11.2 Å². The van der Waals surface area contributed by atoms with Gasteiger partial charge in [-0.3, -0.25) is 0 Å². The van der Waals surface area contributed by atoms with Gasteiger partial charge in [-0.15, -0.1) is 0 Å². The van der Waals surface area contributed by atoms with E-state index in [1.807, 2.05) is 6.92 Å². The maximum atomic E-state index is 10.1. The number of aliphatic hydroxyl groups excluding tert-OH is 4. The average molecular weight is 338 g/mol. The van der Waals surface area contributed by atoms with E-state index in [2.05, 4.69) is 6.58 Å². The van der Waals surface area contributed by atoms with E-state index >= 15 is 0 Å². The normalized spacial score (nSPS) is 35.0. The van der Waals surface area contributed by atoms with Crippen LogP contribution in [0.1, 0.15) is 24.0 Å². The first kappa shape index (κ1) is 17.2. The van der Waals surface area contributed by atoms with Crippen molar-refractivity contribution in [2.45, 2.75) is 50.0 Å². The number of ether oxygens (including phenoxy) is 2. The van der Waals surface area contributed by atoms with Gasteiger partial charge in [-0.2, -0.15) is 0 Å². The van der Waals surface area contributed by atoms with Gasteiger partial charge in [0.2, 0.25) is 6.29 Å². The first-order valence-corrected chi connectivity index (χ1v) is 7.82. The number of phenols is 1. The van der Waals surface area contributed by atoms with Crippen molar-refractivity contribution in [2.24, 2.45) is 0 Å². The lowest BCUT2D eigenvalue weighted by Gasteiger charge is -2.41. The Morgan fingerprint density at radius 1 is 1.25 bits per heavy atom. The topological polar surface area (TPSA) is 120 Å². The van der Waals surface area contributed by atoms with Crippen LogP contribution in [-0.4, -0.2) is 62.8 Å². The summed E-state index contributed by atoms with van der Waals surface area (Å²) in [4.78, 5) is 0. The van der Waals surface area contributed by atoms with Gasteiger partial charge in [0.25, 0.3) is 0 Å². The highest BCUT2D eigenvalue weighted by Gasteiger charge is 2.45. The zero-order valence-electron chi connectivity index (χ0n) is 13.3. The average Bonchev–Trinajstić information content (AvgIpc) is 2.50. The van der Waals surface area contributed by atoms with Gasteiger partial charge in [-0.1, -0.05) is 12.2 Å². The number of aliphatic hydroxyl groups is 4. The lowest BCUT2D eigenvalue weighted by Crippen LogP contribution is -2.60. The van der Waals surface area contributed by atoms with Gasteiger partial charge >= 0.3 is 0 Å². The van der Waals surface area contributed by atoms with Gasteiger partial charge in [-0.25, -0.2) is 0 Å². The SMILES string of the molecule is C=C(C)C1Cc2c(O)ccc(O[C@@H]3O[C@H](CO)[C@@H](O)[C@H](O)[C@H]3O)c21. The Balaban J connectivity index is 1.86. The Morgan fingerprint density at radius 2 is 1.96 bits per heavy atom. The highest BCUT2D eigenvalue weighted by atomic mass is 16.7. The molecule has 1 aromatic rings. The Hall–Kier alpha value is -1.64. The number of hydrogen-bond donors (Lipinski definition) is 5. The summed E-state index contributed by atoms with van der Waals surface area (Å²) >= 11 is 0. The van der Waals surface area contributed by atoms with Crippen LogP contribution in [0.5, 0.6) is 11.5 Å². The summed E-state index contributed by atoms with van der Waals surface area (Å²) < 4.78 is 11.1. The van der Waals surface area contributed by atoms with E-state index in [0.717, 1.165) is 16.7 Å². The second-order valence-electron chi connectivity index (χ2n) is 6.39. The summed E-state index contributed by atoms with van der Waals surface area (Å²) in [6, 6.07) is 3.05. The van der Waals surface area contributed by atoms with Crippen LogP contribution in [0.15, 0.2) is 24.3 Å². The molecule has 6 atom stereocenters. The molecule has 0 bridgehead atoms. The zero-order valence-corrected chi connectivity index (χ0v) is 13.3. The van der Waals surface area contributed by atoms with Gasteiger partial charge in [0.1, 0.15) is 35.9 Å². The molecule has 0 spiro atoms. The van der Waals surface area contributed by atoms with Crippen LogP contribution in [0.25, 0.3) is 0 Å². The van der Waals surface area contributed by atoms with Gasteiger partial charge in [0, 0.05) is 17.0 Å². The molecule has 132 valence electrons. The van der Waals surface area contributed by atoms with E-state index in [-0.39, 0.29) is 11.7 Å². The predicted molar refractivity (Wildman–Crippen MR) is 83.8 cm³/mol. The molecule has 0 saturated carbocycles. The first-order valence-electron chi connectivity index (χ1n) is 7.82. The summed E-state index contributed by atoms with van der Waals surface area (Å²) in [6.45, 7) is 5.30. The molecule has 0 amide bonds. The van der Waals surface area contributed by atoms with Crippen LogP contribution in [0, 0.1) is 0 Å². The lowest BCUT2D eigenvalue weighted by molar-refractivity contribution is -0.277. The van der Waals surface area contributed by atoms with E-state index in [1.165, 1.54) is 6.07 Å². The molecule has 24 heavy (non-hydrogen) atoms. The Bertz CT molecular complexity index is 642. The maximum Gasteiger partial charge on any atom is 0.229 e. The molecule has 1 aromatic carbocycles. The minimum atomic E-state index is -1.50. The highest BCUT2D eigenvalue weighted by molar-refractivity contribution is 5.59.